The minimum absolute atomic E-state index is 0.0439. The third-order valence-corrected chi connectivity index (χ3v) is 6.06. The van der Waals surface area contributed by atoms with E-state index in [1.807, 2.05) is 24.3 Å². The Morgan fingerprint density at radius 1 is 1.12 bits per heavy atom. The summed E-state index contributed by atoms with van der Waals surface area (Å²) in [7, 11) is 4.85. The van der Waals surface area contributed by atoms with Gasteiger partial charge in [0, 0.05) is 43.2 Å². The van der Waals surface area contributed by atoms with Crippen molar-refractivity contribution in [2.24, 2.45) is 5.92 Å². The van der Waals surface area contributed by atoms with Crippen molar-refractivity contribution >= 4 is 5.91 Å². The number of aromatic hydroxyl groups is 1. The van der Waals surface area contributed by atoms with Crippen molar-refractivity contribution in [3.8, 4) is 23.0 Å². The van der Waals surface area contributed by atoms with Crippen molar-refractivity contribution in [2.75, 3.05) is 34.4 Å². The highest BCUT2D eigenvalue weighted by atomic mass is 16.5. The molecule has 1 atom stereocenters. The SMILES string of the molecule is COc1ccc(CNC(=O)CC[C@@H]2CCCN(Cc3c(O)cccc3OC)C2)c(OC)c1. The van der Waals surface area contributed by atoms with Crippen LogP contribution in [0.1, 0.15) is 36.8 Å². The van der Waals surface area contributed by atoms with Gasteiger partial charge in [0.05, 0.1) is 21.3 Å². The van der Waals surface area contributed by atoms with Gasteiger partial charge in [0.1, 0.15) is 23.0 Å². The second-order valence-electron chi connectivity index (χ2n) is 8.19. The summed E-state index contributed by atoms with van der Waals surface area (Å²) in [5, 5.41) is 13.2. The Kier molecular flexibility index (Phi) is 8.62. The molecule has 3 rings (SSSR count). The van der Waals surface area contributed by atoms with E-state index in [2.05, 4.69) is 10.2 Å². The largest absolute Gasteiger partial charge is 0.507 e. The minimum Gasteiger partial charge on any atom is -0.507 e. The van der Waals surface area contributed by atoms with Crippen molar-refractivity contribution in [1.29, 1.82) is 0 Å². The molecule has 1 aliphatic rings. The number of hydrogen-bond acceptors (Lipinski definition) is 6. The lowest BCUT2D eigenvalue weighted by atomic mass is 9.93. The molecule has 2 N–H and O–H groups in total. The Labute approximate surface area is 190 Å². The second-order valence-corrected chi connectivity index (χ2v) is 8.19. The topological polar surface area (TPSA) is 80.3 Å². The van der Waals surface area contributed by atoms with Crippen molar-refractivity contribution in [3.63, 3.8) is 0 Å². The molecular formula is C25H34N2O5. The molecule has 1 aliphatic heterocycles. The van der Waals surface area contributed by atoms with Gasteiger partial charge in [-0.05, 0) is 56.0 Å². The fraction of sp³-hybridized carbons (Fsp3) is 0.480. The lowest BCUT2D eigenvalue weighted by Crippen LogP contribution is -2.35. The lowest BCUT2D eigenvalue weighted by Gasteiger charge is -2.33. The van der Waals surface area contributed by atoms with Crippen molar-refractivity contribution < 1.29 is 24.1 Å². The maximum Gasteiger partial charge on any atom is 0.220 e. The Hall–Kier alpha value is -2.93. The number of phenolic OH excluding ortho intramolecular Hbond substituents is 1. The van der Waals surface area contributed by atoms with Gasteiger partial charge in [-0.25, -0.2) is 0 Å². The highest BCUT2D eigenvalue weighted by Gasteiger charge is 2.22. The summed E-state index contributed by atoms with van der Waals surface area (Å²) in [6, 6.07) is 10.9. The van der Waals surface area contributed by atoms with Gasteiger partial charge in [0.15, 0.2) is 0 Å². The number of hydrogen-bond donors (Lipinski definition) is 2. The van der Waals surface area contributed by atoms with Crippen LogP contribution in [0.4, 0.5) is 0 Å². The van der Waals surface area contributed by atoms with E-state index in [4.69, 9.17) is 14.2 Å². The number of piperidine rings is 1. The average Bonchev–Trinajstić information content (AvgIpc) is 2.82. The lowest BCUT2D eigenvalue weighted by molar-refractivity contribution is -0.121. The first-order valence-corrected chi connectivity index (χ1v) is 11.1. The molecule has 0 aromatic heterocycles. The third-order valence-electron chi connectivity index (χ3n) is 6.06. The zero-order valence-electron chi connectivity index (χ0n) is 19.2. The van der Waals surface area contributed by atoms with E-state index < -0.39 is 0 Å². The van der Waals surface area contributed by atoms with Crippen LogP contribution in [0.15, 0.2) is 36.4 Å². The van der Waals surface area contributed by atoms with Crippen LogP contribution in [0.25, 0.3) is 0 Å². The van der Waals surface area contributed by atoms with E-state index in [0.29, 0.717) is 36.9 Å². The first-order chi connectivity index (χ1) is 15.5. The standard InChI is InChI=1S/C25H34N2O5/c1-30-20-11-10-19(24(14-20)32-3)15-26-25(29)12-9-18-6-5-13-27(16-18)17-21-22(28)7-4-8-23(21)31-2/h4,7-8,10-11,14,18,28H,5-6,9,12-13,15-17H2,1-3H3,(H,26,29)/t18-/m0/s1. The Bertz CT molecular complexity index is 902. The number of ether oxygens (including phenoxy) is 3. The summed E-state index contributed by atoms with van der Waals surface area (Å²) in [6.45, 7) is 2.97. The normalized spacial score (nSPS) is 16.4. The molecule has 7 heteroatoms. The monoisotopic (exact) mass is 442 g/mol. The molecule has 1 fully saturated rings. The number of rotatable bonds is 10. The molecule has 0 aliphatic carbocycles. The average molecular weight is 443 g/mol. The Morgan fingerprint density at radius 3 is 2.69 bits per heavy atom. The van der Waals surface area contributed by atoms with Gasteiger partial charge < -0.3 is 24.6 Å². The van der Waals surface area contributed by atoms with Crippen LogP contribution in [-0.4, -0.2) is 50.3 Å². The zero-order chi connectivity index (χ0) is 22.9. The number of nitrogens with one attached hydrogen (secondary N) is 1. The summed E-state index contributed by atoms with van der Waals surface area (Å²) in [4.78, 5) is 14.8. The van der Waals surface area contributed by atoms with E-state index in [9.17, 15) is 9.90 Å². The number of amides is 1. The molecule has 7 nitrogen and oxygen atoms in total. The quantitative estimate of drug-likeness (QED) is 0.584. The number of nitrogens with zero attached hydrogens (tertiary/aromatic N) is 1. The van der Waals surface area contributed by atoms with Gasteiger partial charge in [-0.1, -0.05) is 6.07 Å². The molecule has 1 heterocycles. The molecular weight excluding hydrogens is 408 g/mol. The predicted octanol–water partition coefficient (Wildman–Crippen LogP) is 3.73. The van der Waals surface area contributed by atoms with E-state index in [-0.39, 0.29) is 11.7 Å². The highest BCUT2D eigenvalue weighted by molar-refractivity contribution is 5.75. The van der Waals surface area contributed by atoms with Gasteiger partial charge in [-0.15, -0.1) is 0 Å². The van der Waals surface area contributed by atoms with Crippen LogP contribution in [0, 0.1) is 5.92 Å². The molecule has 0 bridgehead atoms. The smallest absolute Gasteiger partial charge is 0.220 e. The molecule has 32 heavy (non-hydrogen) atoms. The maximum absolute atomic E-state index is 12.4. The number of carbonyl (C=O) groups excluding carboxylic acids is 1. The molecule has 0 spiro atoms. The molecule has 174 valence electrons. The number of likely N-dealkylation sites (tertiary alicyclic amines) is 1. The van der Waals surface area contributed by atoms with Crippen LogP contribution in [-0.2, 0) is 17.9 Å². The summed E-state index contributed by atoms with van der Waals surface area (Å²) < 4.78 is 16.0. The molecule has 0 saturated carbocycles. The van der Waals surface area contributed by atoms with Crippen molar-refractivity contribution in [3.05, 3.63) is 47.5 Å². The van der Waals surface area contributed by atoms with Crippen LogP contribution in [0.2, 0.25) is 0 Å². The number of carbonyl (C=O) groups is 1. The summed E-state index contributed by atoms with van der Waals surface area (Å²) in [5.74, 6) is 2.90. The molecule has 2 aromatic carbocycles. The number of methoxy groups -OCH3 is 3. The molecule has 0 radical (unpaired) electrons. The van der Waals surface area contributed by atoms with Crippen molar-refractivity contribution in [1.82, 2.24) is 10.2 Å². The van der Waals surface area contributed by atoms with Crippen LogP contribution >= 0.6 is 0 Å². The van der Waals surface area contributed by atoms with Crippen LogP contribution in [0.3, 0.4) is 0 Å². The molecule has 0 unspecified atom stereocenters. The fourth-order valence-corrected chi connectivity index (χ4v) is 4.27. The van der Waals surface area contributed by atoms with E-state index in [1.54, 1.807) is 33.5 Å². The first kappa shape index (κ1) is 23.7. The molecule has 1 amide bonds. The molecule has 2 aromatic rings. The number of phenols is 1. The zero-order valence-corrected chi connectivity index (χ0v) is 19.2. The summed E-state index contributed by atoms with van der Waals surface area (Å²) in [5.41, 5.74) is 1.74. The Balaban J connectivity index is 1.47. The third kappa shape index (κ3) is 6.29. The van der Waals surface area contributed by atoms with E-state index in [0.717, 1.165) is 49.2 Å². The van der Waals surface area contributed by atoms with E-state index in [1.165, 1.54) is 0 Å². The minimum atomic E-state index is 0.0439. The summed E-state index contributed by atoms with van der Waals surface area (Å²) >= 11 is 0. The second kappa shape index (κ2) is 11.6. The van der Waals surface area contributed by atoms with Crippen LogP contribution < -0.4 is 19.5 Å². The molecule has 1 saturated heterocycles. The highest BCUT2D eigenvalue weighted by Crippen LogP contribution is 2.31. The van der Waals surface area contributed by atoms with Crippen LogP contribution in [0.5, 0.6) is 23.0 Å². The maximum atomic E-state index is 12.4. The van der Waals surface area contributed by atoms with Gasteiger partial charge in [-0.3, -0.25) is 9.69 Å². The Morgan fingerprint density at radius 2 is 1.94 bits per heavy atom. The summed E-state index contributed by atoms with van der Waals surface area (Å²) in [6.07, 6.45) is 3.55. The van der Waals surface area contributed by atoms with Gasteiger partial charge >= 0.3 is 0 Å². The predicted molar refractivity (Wildman–Crippen MR) is 123 cm³/mol. The van der Waals surface area contributed by atoms with Gasteiger partial charge in [0.2, 0.25) is 5.91 Å². The van der Waals surface area contributed by atoms with Gasteiger partial charge in [0.25, 0.3) is 0 Å². The van der Waals surface area contributed by atoms with E-state index >= 15 is 0 Å². The van der Waals surface area contributed by atoms with Gasteiger partial charge in [-0.2, -0.15) is 0 Å². The fourth-order valence-electron chi connectivity index (χ4n) is 4.27. The van der Waals surface area contributed by atoms with Crippen molar-refractivity contribution in [2.45, 2.75) is 38.8 Å². The first-order valence-electron chi connectivity index (χ1n) is 11.1. The number of benzene rings is 2.